The summed E-state index contributed by atoms with van der Waals surface area (Å²) in [6, 6.07) is 8.69. The van der Waals surface area contributed by atoms with Crippen molar-refractivity contribution in [3.8, 4) is 0 Å². The maximum absolute atomic E-state index is 5.67. The van der Waals surface area contributed by atoms with Crippen LogP contribution in [0.15, 0.2) is 24.3 Å². The van der Waals surface area contributed by atoms with Crippen molar-refractivity contribution in [3.63, 3.8) is 0 Å². The molecule has 1 aromatic heterocycles. The lowest BCUT2D eigenvalue weighted by atomic mass is 10.2. The Morgan fingerprint density at radius 3 is 3.06 bits per heavy atom. The molecule has 17 heavy (non-hydrogen) atoms. The molecule has 1 aliphatic heterocycles. The van der Waals surface area contributed by atoms with Crippen molar-refractivity contribution in [1.29, 1.82) is 0 Å². The van der Waals surface area contributed by atoms with Gasteiger partial charge in [-0.2, -0.15) is 0 Å². The van der Waals surface area contributed by atoms with Crippen molar-refractivity contribution in [2.24, 2.45) is 5.73 Å². The molecule has 0 bridgehead atoms. The molecule has 0 aliphatic carbocycles. The average Bonchev–Trinajstić information content (AvgIpc) is 2.94. The maximum Gasteiger partial charge on any atom is 0.111 e. The first kappa shape index (κ1) is 10.7. The molecule has 1 aliphatic rings. The topological polar surface area (TPSA) is 53.1 Å². The first-order valence-electron chi connectivity index (χ1n) is 6.14. The number of fused-ring (bicyclic) bond motifs is 1. The summed E-state index contributed by atoms with van der Waals surface area (Å²) in [7, 11) is 0. The minimum absolute atomic E-state index is 0.420. The number of benzene rings is 1. The molecule has 1 saturated heterocycles. The van der Waals surface area contributed by atoms with Crippen molar-refractivity contribution in [1.82, 2.24) is 9.55 Å². The van der Waals surface area contributed by atoms with Crippen LogP contribution in [0.25, 0.3) is 11.0 Å². The van der Waals surface area contributed by atoms with Crippen LogP contribution in [-0.2, 0) is 11.2 Å². The molecule has 2 heterocycles. The summed E-state index contributed by atoms with van der Waals surface area (Å²) in [6.07, 6.45) is 1.89. The fraction of sp³-hybridized carbons (Fsp3) is 0.462. The van der Waals surface area contributed by atoms with E-state index >= 15 is 0 Å². The highest BCUT2D eigenvalue weighted by molar-refractivity contribution is 5.76. The fourth-order valence-electron chi connectivity index (χ4n) is 2.53. The number of hydrogen-bond acceptors (Lipinski definition) is 3. The van der Waals surface area contributed by atoms with Crippen LogP contribution in [0.1, 0.15) is 18.3 Å². The van der Waals surface area contributed by atoms with Gasteiger partial charge in [-0.25, -0.2) is 4.98 Å². The van der Waals surface area contributed by atoms with Gasteiger partial charge in [0, 0.05) is 13.0 Å². The Labute approximate surface area is 100 Å². The molecule has 0 saturated carbocycles. The van der Waals surface area contributed by atoms with Gasteiger partial charge in [-0.05, 0) is 25.1 Å². The zero-order chi connectivity index (χ0) is 11.7. The zero-order valence-electron chi connectivity index (χ0n) is 9.80. The Hall–Kier alpha value is -1.39. The van der Waals surface area contributed by atoms with E-state index in [1.807, 2.05) is 6.07 Å². The van der Waals surface area contributed by atoms with E-state index in [1.165, 1.54) is 5.52 Å². The van der Waals surface area contributed by atoms with Gasteiger partial charge in [0.25, 0.3) is 0 Å². The number of aromatic nitrogens is 2. The Morgan fingerprint density at radius 1 is 1.41 bits per heavy atom. The zero-order valence-corrected chi connectivity index (χ0v) is 9.80. The third-order valence-electron chi connectivity index (χ3n) is 3.31. The molecule has 1 fully saturated rings. The van der Waals surface area contributed by atoms with E-state index in [2.05, 4.69) is 27.8 Å². The second-order valence-corrected chi connectivity index (χ2v) is 4.44. The predicted octanol–water partition coefficient (Wildman–Crippen LogP) is 1.50. The molecule has 2 N–H and O–H groups in total. The van der Waals surface area contributed by atoms with Crippen LogP contribution >= 0.6 is 0 Å². The van der Waals surface area contributed by atoms with Gasteiger partial charge in [-0.3, -0.25) is 0 Å². The SMILES string of the molecule is NCCc1nc2ccccc2n1C1CCOC1. The lowest BCUT2D eigenvalue weighted by molar-refractivity contribution is 0.186. The van der Waals surface area contributed by atoms with Crippen LogP contribution in [-0.4, -0.2) is 29.3 Å². The quantitative estimate of drug-likeness (QED) is 0.871. The number of para-hydroxylation sites is 2. The van der Waals surface area contributed by atoms with Crippen molar-refractivity contribution < 1.29 is 4.74 Å². The molecule has 4 nitrogen and oxygen atoms in total. The Morgan fingerprint density at radius 2 is 2.29 bits per heavy atom. The molecular weight excluding hydrogens is 214 g/mol. The number of imidazole rings is 1. The van der Waals surface area contributed by atoms with Gasteiger partial charge in [0.05, 0.1) is 23.7 Å². The van der Waals surface area contributed by atoms with Gasteiger partial charge in [-0.1, -0.05) is 12.1 Å². The van der Waals surface area contributed by atoms with E-state index in [0.29, 0.717) is 12.6 Å². The van der Waals surface area contributed by atoms with Gasteiger partial charge in [0.2, 0.25) is 0 Å². The van der Waals surface area contributed by atoms with E-state index in [1.54, 1.807) is 0 Å². The normalized spacial score (nSPS) is 20.2. The van der Waals surface area contributed by atoms with Crippen LogP contribution in [0.3, 0.4) is 0 Å². The molecular formula is C13H17N3O. The van der Waals surface area contributed by atoms with Crippen LogP contribution in [0.5, 0.6) is 0 Å². The number of rotatable bonds is 3. The van der Waals surface area contributed by atoms with Crippen molar-refractivity contribution in [3.05, 3.63) is 30.1 Å². The summed E-state index contributed by atoms with van der Waals surface area (Å²) in [6.45, 7) is 2.27. The molecule has 2 aromatic rings. The van der Waals surface area contributed by atoms with Gasteiger partial charge in [0.15, 0.2) is 0 Å². The number of nitrogens with two attached hydrogens (primary N) is 1. The molecule has 3 rings (SSSR count). The summed E-state index contributed by atoms with van der Waals surface area (Å²) in [5.41, 5.74) is 7.92. The highest BCUT2D eigenvalue weighted by Crippen LogP contribution is 2.26. The fourth-order valence-corrected chi connectivity index (χ4v) is 2.53. The monoisotopic (exact) mass is 231 g/mol. The molecule has 0 radical (unpaired) electrons. The first-order chi connectivity index (χ1) is 8.40. The summed E-state index contributed by atoms with van der Waals surface area (Å²) >= 11 is 0. The number of nitrogens with zero attached hydrogens (tertiary/aromatic N) is 2. The number of ether oxygens (including phenoxy) is 1. The van der Waals surface area contributed by atoms with Crippen LogP contribution in [0.2, 0.25) is 0 Å². The third-order valence-corrected chi connectivity index (χ3v) is 3.31. The minimum atomic E-state index is 0.420. The largest absolute Gasteiger partial charge is 0.379 e. The Kier molecular flexibility index (Phi) is 2.82. The lowest BCUT2D eigenvalue weighted by Crippen LogP contribution is -2.15. The average molecular weight is 231 g/mol. The molecule has 1 unspecified atom stereocenters. The molecule has 1 atom stereocenters. The van der Waals surface area contributed by atoms with E-state index in [9.17, 15) is 0 Å². The van der Waals surface area contributed by atoms with E-state index in [4.69, 9.17) is 10.5 Å². The smallest absolute Gasteiger partial charge is 0.111 e. The van der Waals surface area contributed by atoms with Gasteiger partial charge >= 0.3 is 0 Å². The summed E-state index contributed by atoms with van der Waals surface area (Å²) in [4.78, 5) is 4.67. The minimum Gasteiger partial charge on any atom is -0.379 e. The highest BCUT2D eigenvalue weighted by atomic mass is 16.5. The second kappa shape index (κ2) is 4.47. The van der Waals surface area contributed by atoms with E-state index in [0.717, 1.165) is 37.4 Å². The van der Waals surface area contributed by atoms with E-state index < -0.39 is 0 Å². The van der Waals surface area contributed by atoms with Gasteiger partial charge in [-0.15, -0.1) is 0 Å². The Bertz CT molecular complexity index is 514. The van der Waals surface area contributed by atoms with Crippen molar-refractivity contribution >= 4 is 11.0 Å². The van der Waals surface area contributed by atoms with E-state index in [-0.39, 0.29) is 0 Å². The lowest BCUT2D eigenvalue weighted by Gasteiger charge is -2.14. The molecule has 90 valence electrons. The van der Waals surface area contributed by atoms with Gasteiger partial charge < -0.3 is 15.0 Å². The van der Waals surface area contributed by atoms with Crippen molar-refractivity contribution in [2.75, 3.05) is 19.8 Å². The third kappa shape index (κ3) is 1.83. The second-order valence-electron chi connectivity index (χ2n) is 4.44. The van der Waals surface area contributed by atoms with Gasteiger partial charge in [0.1, 0.15) is 5.82 Å². The number of hydrogen-bond donors (Lipinski definition) is 1. The van der Waals surface area contributed by atoms with Crippen molar-refractivity contribution in [2.45, 2.75) is 18.9 Å². The Balaban J connectivity index is 2.13. The molecule has 4 heteroatoms. The predicted molar refractivity (Wildman–Crippen MR) is 67.0 cm³/mol. The van der Waals surface area contributed by atoms with Crippen LogP contribution in [0.4, 0.5) is 0 Å². The standard InChI is InChI=1S/C13H17N3O/c14-7-5-13-15-11-3-1-2-4-12(11)16(13)10-6-8-17-9-10/h1-4,10H,5-9,14H2. The maximum atomic E-state index is 5.67. The summed E-state index contributed by atoms with van der Waals surface area (Å²) in [5, 5.41) is 0. The van der Waals surface area contributed by atoms with Crippen LogP contribution in [0, 0.1) is 0 Å². The summed E-state index contributed by atoms with van der Waals surface area (Å²) < 4.78 is 7.80. The van der Waals surface area contributed by atoms with Crippen LogP contribution < -0.4 is 5.73 Å². The molecule has 1 aromatic carbocycles. The molecule has 0 spiro atoms. The highest BCUT2D eigenvalue weighted by Gasteiger charge is 2.22. The first-order valence-corrected chi connectivity index (χ1v) is 6.14. The molecule has 0 amide bonds. The summed E-state index contributed by atoms with van der Waals surface area (Å²) in [5.74, 6) is 1.09.